The van der Waals surface area contributed by atoms with Gasteiger partial charge in [0.15, 0.2) is 0 Å². The van der Waals surface area contributed by atoms with Crippen LogP contribution in [0.1, 0.15) is 32.8 Å². The van der Waals surface area contributed by atoms with Crippen LogP contribution in [0.2, 0.25) is 0 Å². The van der Waals surface area contributed by atoms with Gasteiger partial charge in [-0.3, -0.25) is 0 Å². The molecule has 0 saturated carbocycles. The zero-order valence-electron chi connectivity index (χ0n) is 11.7. The Hall–Kier alpha value is -1.02. The first-order valence-corrected chi connectivity index (χ1v) is 6.76. The molecule has 0 aliphatic carbocycles. The van der Waals surface area contributed by atoms with Crippen molar-refractivity contribution in [3.63, 3.8) is 0 Å². The molecule has 0 aromatic heterocycles. The molecule has 0 bridgehead atoms. The zero-order chi connectivity index (χ0) is 12.7. The maximum absolute atomic E-state index is 3.45. The van der Waals surface area contributed by atoms with Gasteiger partial charge in [0.1, 0.15) is 0 Å². The number of nitrogens with one attached hydrogen (secondary N) is 1. The molecule has 1 unspecified atom stereocenters. The van der Waals surface area contributed by atoms with E-state index < -0.39 is 0 Å². The fraction of sp³-hybridized carbons (Fsp3) is 0.600. The smallest absolute Gasteiger partial charge is 0.0411 e. The van der Waals surface area contributed by atoms with E-state index >= 15 is 0 Å². The fourth-order valence-corrected chi connectivity index (χ4v) is 2.17. The highest BCUT2D eigenvalue weighted by molar-refractivity contribution is 5.48. The van der Waals surface area contributed by atoms with Crippen molar-refractivity contribution in [3.8, 4) is 0 Å². The number of nitrogens with zero attached hydrogens (tertiary/aromatic N) is 1. The second kappa shape index (κ2) is 7.33. The van der Waals surface area contributed by atoms with Crippen molar-refractivity contribution in [2.24, 2.45) is 0 Å². The van der Waals surface area contributed by atoms with E-state index in [1.54, 1.807) is 0 Å². The van der Waals surface area contributed by atoms with Gasteiger partial charge in [-0.2, -0.15) is 0 Å². The van der Waals surface area contributed by atoms with Gasteiger partial charge in [-0.15, -0.1) is 0 Å². The predicted molar refractivity (Wildman–Crippen MR) is 76.8 cm³/mol. The first kappa shape index (κ1) is 14.0. The van der Waals surface area contributed by atoms with Crippen LogP contribution >= 0.6 is 0 Å². The van der Waals surface area contributed by atoms with Crippen LogP contribution in [0.25, 0.3) is 0 Å². The summed E-state index contributed by atoms with van der Waals surface area (Å²) in [4.78, 5) is 2.49. The molecule has 1 aromatic carbocycles. The molecule has 0 saturated heterocycles. The van der Waals surface area contributed by atoms with Gasteiger partial charge in [0.05, 0.1) is 0 Å². The summed E-state index contributed by atoms with van der Waals surface area (Å²) in [6, 6.07) is 9.43. The van der Waals surface area contributed by atoms with Crippen LogP contribution < -0.4 is 10.2 Å². The van der Waals surface area contributed by atoms with E-state index in [2.05, 4.69) is 62.2 Å². The van der Waals surface area contributed by atoms with E-state index in [-0.39, 0.29) is 0 Å². The summed E-state index contributed by atoms with van der Waals surface area (Å²) >= 11 is 0. The molecule has 1 aromatic rings. The normalized spacial score (nSPS) is 12.5. The van der Waals surface area contributed by atoms with Gasteiger partial charge in [0, 0.05) is 24.8 Å². The third-order valence-electron chi connectivity index (χ3n) is 3.25. The number of aryl methyl sites for hydroxylation is 1. The summed E-state index contributed by atoms with van der Waals surface area (Å²) in [6.45, 7) is 12.0. The topological polar surface area (TPSA) is 15.3 Å². The molecular formula is C15H26N2. The van der Waals surface area contributed by atoms with Crippen molar-refractivity contribution < 1.29 is 0 Å². The van der Waals surface area contributed by atoms with Gasteiger partial charge >= 0.3 is 0 Å². The molecule has 1 atom stereocenters. The van der Waals surface area contributed by atoms with Crippen molar-refractivity contribution in [1.82, 2.24) is 5.32 Å². The lowest BCUT2D eigenvalue weighted by Crippen LogP contribution is -2.42. The predicted octanol–water partition coefficient (Wildman–Crippen LogP) is 3.21. The Morgan fingerprint density at radius 2 is 1.76 bits per heavy atom. The summed E-state index contributed by atoms with van der Waals surface area (Å²) in [5, 5.41) is 3.45. The summed E-state index contributed by atoms with van der Waals surface area (Å²) < 4.78 is 0. The molecule has 0 fully saturated rings. The summed E-state index contributed by atoms with van der Waals surface area (Å²) in [5.41, 5.74) is 2.66. The fourth-order valence-electron chi connectivity index (χ4n) is 2.17. The Labute approximate surface area is 106 Å². The van der Waals surface area contributed by atoms with Crippen LogP contribution in [0.4, 0.5) is 5.69 Å². The van der Waals surface area contributed by atoms with Gasteiger partial charge in [-0.1, -0.05) is 31.5 Å². The second-order valence-electron chi connectivity index (χ2n) is 4.49. The summed E-state index contributed by atoms with van der Waals surface area (Å²) in [5.74, 6) is 0. The van der Waals surface area contributed by atoms with E-state index in [0.717, 1.165) is 19.6 Å². The van der Waals surface area contributed by atoms with Crippen LogP contribution in [0, 0.1) is 6.92 Å². The van der Waals surface area contributed by atoms with Crippen LogP contribution in [-0.2, 0) is 0 Å². The Morgan fingerprint density at radius 3 is 2.24 bits per heavy atom. The zero-order valence-corrected chi connectivity index (χ0v) is 11.7. The number of anilines is 1. The lowest BCUT2D eigenvalue weighted by Gasteiger charge is -2.32. The van der Waals surface area contributed by atoms with E-state index in [1.165, 1.54) is 17.7 Å². The van der Waals surface area contributed by atoms with Gasteiger partial charge in [0.25, 0.3) is 0 Å². The van der Waals surface area contributed by atoms with E-state index in [9.17, 15) is 0 Å². The Balaban J connectivity index is 2.77. The third kappa shape index (κ3) is 4.04. The highest BCUT2D eigenvalue weighted by atomic mass is 15.2. The Bertz CT molecular complexity index is 305. The molecule has 0 aliphatic heterocycles. The average Bonchev–Trinajstić information content (AvgIpc) is 2.36. The van der Waals surface area contributed by atoms with Crippen molar-refractivity contribution in [2.45, 2.75) is 40.2 Å². The minimum Gasteiger partial charge on any atom is -0.368 e. The molecule has 2 heteroatoms. The lowest BCUT2D eigenvalue weighted by atomic mass is 10.1. The van der Waals surface area contributed by atoms with Gasteiger partial charge in [-0.05, 0) is 38.9 Å². The number of hydrogen-bond acceptors (Lipinski definition) is 2. The minimum atomic E-state index is 0.586. The van der Waals surface area contributed by atoms with Crippen molar-refractivity contribution >= 4 is 5.69 Å². The van der Waals surface area contributed by atoms with Gasteiger partial charge < -0.3 is 10.2 Å². The van der Waals surface area contributed by atoms with Crippen molar-refractivity contribution in [2.75, 3.05) is 24.5 Å². The molecular weight excluding hydrogens is 208 g/mol. The molecule has 96 valence electrons. The standard InChI is InChI=1S/C15H26N2/c1-5-14(12-16-6-2)17(7-3)15-10-8-13(4)9-11-15/h8-11,14,16H,5-7,12H2,1-4H3. The lowest BCUT2D eigenvalue weighted by molar-refractivity contribution is 0.534. The van der Waals surface area contributed by atoms with Crippen LogP contribution in [0.15, 0.2) is 24.3 Å². The minimum absolute atomic E-state index is 0.586. The SMILES string of the molecule is CCNCC(CC)N(CC)c1ccc(C)cc1. The Morgan fingerprint density at radius 1 is 1.12 bits per heavy atom. The molecule has 0 aliphatic rings. The molecule has 1 rings (SSSR count). The first-order valence-electron chi connectivity index (χ1n) is 6.76. The number of hydrogen-bond donors (Lipinski definition) is 1. The summed E-state index contributed by atoms with van der Waals surface area (Å²) in [7, 11) is 0. The molecule has 1 N–H and O–H groups in total. The van der Waals surface area contributed by atoms with Crippen LogP contribution in [-0.4, -0.2) is 25.7 Å². The average molecular weight is 234 g/mol. The highest BCUT2D eigenvalue weighted by Crippen LogP contribution is 2.18. The molecule has 17 heavy (non-hydrogen) atoms. The quantitative estimate of drug-likeness (QED) is 0.779. The second-order valence-corrected chi connectivity index (χ2v) is 4.49. The summed E-state index contributed by atoms with van der Waals surface area (Å²) in [6.07, 6.45) is 1.18. The van der Waals surface area contributed by atoms with Crippen molar-refractivity contribution in [1.29, 1.82) is 0 Å². The molecule has 0 radical (unpaired) electrons. The maximum atomic E-state index is 3.45. The van der Waals surface area contributed by atoms with E-state index in [0.29, 0.717) is 6.04 Å². The number of likely N-dealkylation sites (N-methyl/N-ethyl adjacent to an activating group) is 2. The van der Waals surface area contributed by atoms with E-state index in [1.807, 2.05) is 0 Å². The number of rotatable bonds is 7. The maximum Gasteiger partial charge on any atom is 0.0411 e. The molecule has 0 amide bonds. The van der Waals surface area contributed by atoms with Crippen LogP contribution in [0.3, 0.4) is 0 Å². The molecule has 0 heterocycles. The van der Waals surface area contributed by atoms with E-state index in [4.69, 9.17) is 0 Å². The van der Waals surface area contributed by atoms with Crippen molar-refractivity contribution in [3.05, 3.63) is 29.8 Å². The molecule has 2 nitrogen and oxygen atoms in total. The number of benzene rings is 1. The largest absolute Gasteiger partial charge is 0.368 e. The third-order valence-corrected chi connectivity index (χ3v) is 3.25. The highest BCUT2D eigenvalue weighted by Gasteiger charge is 2.14. The first-order chi connectivity index (χ1) is 8.22. The molecule has 0 spiro atoms. The Kier molecular flexibility index (Phi) is 6.06. The van der Waals surface area contributed by atoms with Gasteiger partial charge in [0.2, 0.25) is 0 Å². The monoisotopic (exact) mass is 234 g/mol. The van der Waals surface area contributed by atoms with Crippen LogP contribution in [0.5, 0.6) is 0 Å². The van der Waals surface area contributed by atoms with Gasteiger partial charge in [-0.25, -0.2) is 0 Å².